The van der Waals surface area contributed by atoms with Crippen molar-refractivity contribution in [3.63, 3.8) is 0 Å². The third kappa shape index (κ3) is 14.6. The van der Waals surface area contributed by atoms with Crippen LogP contribution in [0.25, 0.3) is 0 Å². The third-order valence-corrected chi connectivity index (χ3v) is 10.7. The molecule has 0 saturated carbocycles. The van der Waals surface area contributed by atoms with E-state index in [4.69, 9.17) is 12.3 Å². The standard InChI is InChI=1S/4C7H15NO2.Sn/c4*1-3-5-8(6-4-2)7(9)10;/h4*3-6H2,1-2H3,(H,9,10);/q;;;;+4/p-4. The van der Waals surface area contributed by atoms with E-state index in [2.05, 4.69) is 0 Å². The molecule has 0 fully saturated rings. The van der Waals surface area contributed by atoms with Crippen molar-refractivity contribution in [1.82, 2.24) is 19.6 Å². The average molecular weight is 695 g/mol. The molecule has 0 aromatic heterocycles. The van der Waals surface area contributed by atoms with Crippen LogP contribution in [-0.4, -0.2) is 116 Å². The molecule has 0 bridgehead atoms. The normalized spacial score (nSPS) is 10.9. The summed E-state index contributed by atoms with van der Waals surface area (Å²) in [6.07, 6.45) is 1.85. The molecule has 240 valence electrons. The van der Waals surface area contributed by atoms with E-state index in [0.717, 1.165) is 0 Å². The molecular weight excluding hydrogens is 639 g/mol. The number of nitrogens with zero attached hydrogens (tertiary/aromatic N) is 4. The molecule has 0 saturated heterocycles. The second-order valence-corrected chi connectivity index (χ2v) is 15.1. The van der Waals surface area contributed by atoms with Crippen molar-refractivity contribution >= 4 is 44.4 Å². The molecule has 0 spiro atoms. The van der Waals surface area contributed by atoms with Gasteiger partial charge in [0, 0.05) is 0 Å². The third-order valence-electron chi connectivity index (χ3n) is 5.83. The van der Waals surface area contributed by atoms with E-state index in [-0.39, 0.29) is 0 Å². The van der Waals surface area contributed by atoms with E-state index in [9.17, 15) is 19.2 Å². The van der Waals surface area contributed by atoms with Gasteiger partial charge in [0.25, 0.3) is 0 Å². The molecule has 41 heavy (non-hydrogen) atoms. The molecule has 4 amide bonds. The van der Waals surface area contributed by atoms with E-state index >= 15 is 0 Å². The molecule has 0 aromatic carbocycles. The molecule has 0 heterocycles. The van der Waals surface area contributed by atoms with Crippen molar-refractivity contribution in [2.24, 2.45) is 0 Å². The van der Waals surface area contributed by atoms with Crippen LogP contribution in [-0.2, 0) is 12.3 Å². The van der Waals surface area contributed by atoms with Crippen LogP contribution in [0.5, 0.6) is 0 Å². The van der Waals surface area contributed by atoms with E-state index in [1.165, 1.54) is 19.6 Å². The summed E-state index contributed by atoms with van der Waals surface area (Å²) in [6.45, 7) is 18.3. The van der Waals surface area contributed by atoms with E-state index in [1.54, 1.807) is 0 Å². The van der Waals surface area contributed by atoms with Gasteiger partial charge in [0.05, 0.1) is 0 Å². The summed E-state index contributed by atoms with van der Waals surface area (Å²) in [5.41, 5.74) is 0. The Hall–Kier alpha value is -2.12. The summed E-state index contributed by atoms with van der Waals surface area (Å²) >= 11 is -6.13. The predicted molar refractivity (Wildman–Crippen MR) is 160 cm³/mol. The first-order chi connectivity index (χ1) is 19.6. The van der Waals surface area contributed by atoms with Crippen LogP contribution in [0.4, 0.5) is 19.2 Å². The number of rotatable bonds is 20. The van der Waals surface area contributed by atoms with Gasteiger partial charge in [-0.15, -0.1) is 0 Å². The molecule has 0 aromatic rings. The Balaban J connectivity index is 6.85. The molecule has 0 aliphatic heterocycles. The molecule has 12 nitrogen and oxygen atoms in total. The fraction of sp³-hybridized carbons (Fsp3) is 0.857. The average Bonchev–Trinajstić information content (AvgIpc) is 2.92. The summed E-state index contributed by atoms with van der Waals surface area (Å²) in [5.74, 6) is 0. The summed E-state index contributed by atoms with van der Waals surface area (Å²) in [4.78, 5) is 59.7. The van der Waals surface area contributed by atoms with Crippen molar-refractivity contribution in [3.8, 4) is 0 Å². The summed E-state index contributed by atoms with van der Waals surface area (Å²) in [7, 11) is 0. The van der Waals surface area contributed by atoms with Gasteiger partial charge in [-0.2, -0.15) is 0 Å². The topological polar surface area (TPSA) is 118 Å². The molecule has 0 aliphatic rings. The molecular formula is C28H56N4O8Sn. The molecule has 0 N–H and O–H groups in total. The van der Waals surface area contributed by atoms with Gasteiger partial charge in [-0.3, -0.25) is 0 Å². The van der Waals surface area contributed by atoms with Crippen molar-refractivity contribution in [3.05, 3.63) is 0 Å². The zero-order valence-electron chi connectivity index (χ0n) is 26.9. The minimum absolute atomic E-state index is 0.373. The van der Waals surface area contributed by atoms with Crippen LogP contribution in [0.2, 0.25) is 0 Å². The molecule has 0 aliphatic carbocycles. The predicted octanol–water partition coefficient (Wildman–Crippen LogP) is 6.46. The van der Waals surface area contributed by atoms with E-state index in [0.29, 0.717) is 104 Å². The van der Waals surface area contributed by atoms with Crippen LogP contribution in [0.3, 0.4) is 0 Å². The van der Waals surface area contributed by atoms with Crippen molar-refractivity contribution in [2.45, 2.75) is 107 Å². The Morgan fingerprint density at radius 2 is 0.512 bits per heavy atom. The van der Waals surface area contributed by atoms with Gasteiger partial charge < -0.3 is 0 Å². The molecule has 0 unspecified atom stereocenters. The number of amides is 4. The Bertz CT molecular complexity index is 624. The van der Waals surface area contributed by atoms with Crippen LogP contribution >= 0.6 is 0 Å². The summed E-state index contributed by atoms with van der Waals surface area (Å²) < 4.78 is 23.3. The first-order valence-corrected chi connectivity index (χ1v) is 20.2. The zero-order chi connectivity index (χ0) is 31.3. The minimum atomic E-state index is -6.13. The molecule has 0 rings (SSSR count). The summed E-state index contributed by atoms with van der Waals surface area (Å²) in [6, 6.07) is 0. The van der Waals surface area contributed by atoms with Crippen LogP contribution in [0.1, 0.15) is 107 Å². The van der Waals surface area contributed by atoms with Gasteiger partial charge in [0.1, 0.15) is 0 Å². The van der Waals surface area contributed by atoms with Gasteiger partial charge in [0.15, 0.2) is 0 Å². The maximum atomic E-state index is 13.5. The van der Waals surface area contributed by atoms with E-state index < -0.39 is 44.4 Å². The number of carbonyl (C=O) groups excluding carboxylic acids is 4. The fourth-order valence-electron chi connectivity index (χ4n) is 4.15. The van der Waals surface area contributed by atoms with Crippen molar-refractivity contribution < 1.29 is 31.5 Å². The SMILES string of the molecule is CCCN(CCC)C(=O)[O][Sn]([O]C(=O)N(CCC)CCC)([O]C(=O)N(CCC)CCC)[O]C(=O)N(CCC)CCC. The fourth-order valence-corrected chi connectivity index (χ4v) is 8.78. The molecule has 0 radical (unpaired) electrons. The number of hydrogen-bond donors (Lipinski definition) is 0. The summed E-state index contributed by atoms with van der Waals surface area (Å²) in [5, 5.41) is 0. The first-order valence-electron chi connectivity index (χ1n) is 15.5. The Morgan fingerprint density at radius 3 is 0.634 bits per heavy atom. The number of carbonyl (C=O) groups is 4. The van der Waals surface area contributed by atoms with Crippen LogP contribution < -0.4 is 0 Å². The van der Waals surface area contributed by atoms with Crippen LogP contribution in [0.15, 0.2) is 0 Å². The Kier molecular flexibility index (Phi) is 21.3. The second-order valence-electron chi connectivity index (χ2n) is 9.92. The van der Waals surface area contributed by atoms with E-state index in [1.807, 2.05) is 55.4 Å². The number of hydrogen-bond acceptors (Lipinski definition) is 8. The quantitative estimate of drug-likeness (QED) is 0.133. The van der Waals surface area contributed by atoms with Crippen molar-refractivity contribution in [1.29, 1.82) is 0 Å². The van der Waals surface area contributed by atoms with Crippen molar-refractivity contribution in [2.75, 3.05) is 52.4 Å². The maximum absolute atomic E-state index is 13.5. The zero-order valence-corrected chi connectivity index (χ0v) is 29.7. The van der Waals surface area contributed by atoms with Gasteiger partial charge in [-0.05, 0) is 0 Å². The van der Waals surface area contributed by atoms with Gasteiger partial charge in [-0.1, -0.05) is 0 Å². The second kappa shape index (κ2) is 22.5. The Labute approximate surface area is 254 Å². The van der Waals surface area contributed by atoms with Crippen LogP contribution in [0, 0.1) is 0 Å². The first kappa shape index (κ1) is 38.9. The van der Waals surface area contributed by atoms with Gasteiger partial charge in [0.2, 0.25) is 0 Å². The van der Waals surface area contributed by atoms with Gasteiger partial charge >= 0.3 is 255 Å². The molecule has 13 heteroatoms. The Morgan fingerprint density at radius 1 is 0.366 bits per heavy atom. The van der Waals surface area contributed by atoms with Gasteiger partial charge in [-0.25, -0.2) is 0 Å². The monoisotopic (exact) mass is 696 g/mol. The molecule has 0 atom stereocenters.